The zero-order valence-corrected chi connectivity index (χ0v) is 12.2. The average Bonchev–Trinajstić information content (AvgIpc) is 2.92. The van der Waals surface area contributed by atoms with E-state index in [1.807, 2.05) is 24.3 Å². The summed E-state index contributed by atoms with van der Waals surface area (Å²) in [6.45, 7) is 0.717. The van der Waals surface area contributed by atoms with Gasteiger partial charge in [-0.1, -0.05) is 18.2 Å². The summed E-state index contributed by atoms with van der Waals surface area (Å²) in [5.41, 5.74) is 7.76. The molecule has 0 atom stereocenters. The van der Waals surface area contributed by atoms with Crippen molar-refractivity contribution in [2.45, 2.75) is 11.3 Å². The maximum Gasteiger partial charge on any atom is 0.237 e. The van der Waals surface area contributed by atoms with E-state index in [-0.39, 0.29) is 17.3 Å². The van der Waals surface area contributed by atoms with Crippen LogP contribution in [0.25, 0.3) is 0 Å². The number of anilines is 2. The van der Waals surface area contributed by atoms with Gasteiger partial charge in [-0.3, -0.25) is 4.79 Å². The molecule has 21 heavy (non-hydrogen) atoms. The van der Waals surface area contributed by atoms with E-state index in [1.54, 1.807) is 11.0 Å². The fraction of sp³-hybridized carbons (Fsp3) is 0.188. The third kappa shape index (κ3) is 2.88. The predicted molar refractivity (Wildman–Crippen MR) is 84.0 cm³/mol. The van der Waals surface area contributed by atoms with Crippen molar-refractivity contribution in [3.05, 3.63) is 53.8 Å². The standard InChI is InChI=1S/C16H15FN2OS/c17-13-9-12(5-6-14(13)18)21-10-16(20)19-8-7-11-3-1-2-4-15(11)19/h1-6,9H,7-8,10,18H2. The van der Waals surface area contributed by atoms with Crippen molar-refractivity contribution >= 4 is 29.0 Å². The lowest BCUT2D eigenvalue weighted by Crippen LogP contribution is -2.30. The predicted octanol–water partition coefficient (Wildman–Crippen LogP) is 3.09. The fourth-order valence-corrected chi connectivity index (χ4v) is 3.21. The van der Waals surface area contributed by atoms with Gasteiger partial charge in [0.25, 0.3) is 0 Å². The van der Waals surface area contributed by atoms with Crippen molar-refractivity contribution in [2.75, 3.05) is 22.9 Å². The first kappa shape index (κ1) is 13.9. The minimum absolute atomic E-state index is 0.0437. The van der Waals surface area contributed by atoms with Crippen LogP contribution in [-0.2, 0) is 11.2 Å². The van der Waals surface area contributed by atoms with Gasteiger partial charge in [-0.15, -0.1) is 11.8 Å². The van der Waals surface area contributed by atoms with Crippen molar-refractivity contribution in [3.8, 4) is 0 Å². The average molecular weight is 302 g/mol. The summed E-state index contributed by atoms with van der Waals surface area (Å²) < 4.78 is 13.4. The van der Waals surface area contributed by atoms with Gasteiger partial charge in [0.05, 0.1) is 11.4 Å². The molecule has 2 aromatic rings. The Hall–Kier alpha value is -2.01. The van der Waals surface area contributed by atoms with Gasteiger partial charge in [-0.2, -0.15) is 0 Å². The number of thioether (sulfide) groups is 1. The lowest BCUT2D eigenvalue weighted by molar-refractivity contribution is -0.116. The van der Waals surface area contributed by atoms with Gasteiger partial charge in [0.2, 0.25) is 5.91 Å². The molecule has 0 saturated carbocycles. The number of nitrogen functional groups attached to an aromatic ring is 1. The number of para-hydroxylation sites is 1. The van der Waals surface area contributed by atoms with Crippen LogP contribution in [0, 0.1) is 5.82 Å². The Morgan fingerprint density at radius 3 is 2.90 bits per heavy atom. The Labute approximate surface area is 126 Å². The number of nitrogens with two attached hydrogens (primary N) is 1. The van der Waals surface area contributed by atoms with E-state index in [1.165, 1.54) is 29.5 Å². The fourth-order valence-electron chi connectivity index (χ4n) is 2.42. The number of rotatable bonds is 3. The van der Waals surface area contributed by atoms with Crippen LogP contribution >= 0.6 is 11.8 Å². The SMILES string of the molecule is Nc1ccc(SCC(=O)N2CCc3ccccc32)cc1F. The van der Waals surface area contributed by atoms with Crippen LogP contribution in [0.4, 0.5) is 15.8 Å². The van der Waals surface area contributed by atoms with Crippen molar-refractivity contribution in [1.29, 1.82) is 0 Å². The molecule has 1 aliphatic rings. The summed E-state index contributed by atoms with van der Waals surface area (Å²) in [5.74, 6) is -0.112. The van der Waals surface area contributed by atoms with Crippen LogP contribution in [0.3, 0.4) is 0 Å². The Balaban J connectivity index is 1.66. The minimum atomic E-state index is -0.445. The maximum atomic E-state index is 13.4. The quantitative estimate of drug-likeness (QED) is 0.700. The molecular formula is C16H15FN2OS. The first-order valence-electron chi connectivity index (χ1n) is 6.71. The third-order valence-corrected chi connectivity index (χ3v) is 4.50. The highest BCUT2D eigenvalue weighted by Crippen LogP contribution is 2.29. The van der Waals surface area contributed by atoms with Crippen LogP contribution < -0.4 is 10.6 Å². The first-order valence-corrected chi connectivity index (χ1v) is 7.70. The number of benzene rings is 2. The zero-order valence-electron chi connectivity index (χ0n) is 11.4. The number of fused-ring (bicyclic) bond motifs is 1. The number of carbonyl (C=O) groups excluding carboxylic acids is 1. The Bertz CT molecular complexity index is 690. The second kappa shape index (κ2) is 5.77. The smallest absolute Gasteiger partial charge is 0.237 e. The number of carbonyl (C=O) groups is 1. The second-order valence-electron chi connectivity index (χ2n) is 4.90. The number of halogens is 1. The molecule has 2 aromatic carbocycles. The molecule has 5 heteroatoms. The molecule has 1 heterocycles. The number of nitrogens with zero attached hydrogens (tertiary/aromatic N) is 1. The largest absolute Gasteiger partial charge is 0.396 e. The van der Waals surface area contributed by atoms with E-state index >= 15 is 0 Å². The molecule has 3 rings (SSSR count). The Kier molecular flexibility index (Phi) is 3.84. The molecule has 1 amide bonds. The van der Waals surface area contributed by atoms with E-state index in [9.17, 15) is 9.18 Å². The Morgan fingerprint density at radius 2 is 2.10 bits per heavy atom. The summed E-state index contributed by atoms with van der Waals surface area (Å²) in [5, 5.41) is 0. The van der Waals surface area contributed by atoms with Crippen molar-refractivity contribution in [3.63, 3.8) is 0 Å². The van der Waals surface area contributed by atoms with E-state index in [2.05, 4.69) is 0 Å². The lowest BCUT2D eigenvalue weighted by atomic mass is 10.2. The van der Waals surface area contributed by atoms with E-state index in [0.717, 1.165) is 18.7 Å². The lowest BCUT2D eigenvalue weighted by Gasteiger charge is -2.17. The molecule has 0 spiro atoms. The molecule has 108 valence electrons. The summed E-state index contributed by atoms with van der Waals surface area (Å²) in [6, 6.07) is 12.6. The van der Waals surface area contributed by atoms with Crippen molar-refractivity contribution < 1.29 is 9.18 Å². The summed E-state index contributed by atoms with van der Waals surface area (Å²) in [6.07, 6.45) is 0.892. The maximum absolute atomic E-state index is 13.4. The van der Waals surface area contributed by atoms with Gasteiger partial charge < -0.3 is 10.6 Å². The molecule has 0 saturated heterocycles. The molecule has 0 fully saturated rings. The summed E-state index contributed by atoms with van der Waals surface area (Å²) >= 11 is 1.33. The third-order valence-electron chi connectivity index (χ3n) is 3.52. The number of amides is 1. The molecule has 1 aliphatic heterocycles. The van der Waals surface area contributed by atoms with Gasteiger partial charge in [0, 0.05) is 17.1 Å². The summed E-state index contributed by atoms with van der Waals surface area (Å²) in [7, 11) is 0. The highest BCUT2D eigenvalue weighted by Gasteiger charge is 2.23. The molecule has 0 radical (unpaired) electrons. The van der Waals surface area contributed by atoms with Crippen LogP contribution in [0.2, 0.25) is 0 Å². The first-order chi connectivity index (χ1) is 10.1. The minimum Gasteiger partial charge on any atom is -0.396 e. The molecule has 2 N–H and O–H groups in total. The number of hydrogen-bond donors (Lipinski definition) is 1. The molecule has 0 bridgehead atoms. The van der Waals surface area contributed by atoms with Crippen molar-refractivity contribution in [1.82, 2.24) is 0 Å². The Morgan fingerprint density at radius 1 is 1.29 bits per heavy atom. The monoisotopic (exact) mass is 302 g/mol. The summed E-state index contributed by atoms with van der Waals surface area (Å²) in [4.78, 5) is 14.8. The highest BCUT2D eigenvalue weighted by atomic mass is 32.2. The van der Waals surface area contributed by atoms with Gasteiger partial charge in [0.1, 0.15) is 5.82 Å². The zero-order chi connectivity index (χ0) is 14.8. The molecule has 0 aromatic heterocycles. The van der Waals surface area contributed by atoms with Crippen LogP contribution in [0.5, 0.6) is 0 Å². The molecule has 0 aliphatic carbocycles. The topological polar surface area (TPSA) is 46.3 Å². The normalized spacial score (nSPS) is 13.3. The van der Waals surface area contributed by atoms with Gasteiger partial charge in [-0.25, -0.2) is 4.39 Å². The van der Waals surface area contributed by atoms with Crippen LogP contribution in [0.1, 0.15) is 5.56 Å². The van der Waals surface area contributed by atoms with Crippen LogP contribution in [-0.4, -0.2) is 18.2 Å². The van der Waals surface area contributed by atoms with E-state index < -0.39 is 5.82 Å². The second-order valence-corrected chi connectivity index (χ2v) is 5.94. The van der Waals surface area contributed by atoms with Crippen LogP contribution in [0.15, 0.2) is 47.4 Å². The molecular weight excluding hydrogens is 287 g/mol. The van der Waals surface area contributed by atoms with Gasteiger partial charge in [-0.05, 0) is 36.2 Å². The highest BCUT2D eigenvalue weighted by molar-refractivity contribution is 8.00. The van der Waals surface area contributed by atoms with Crippen molar-refractivity contribution in [2.24, 2.45) is 0 Å². The van der Waals surface area contributed by atoms with Gasteiger partial charge in [0.15, 0.2) is 0 Å². The van der Waals surface area contributed by atoms with E-state index in [0.29, 0.717) is 4.90 Å². The molecule has 0 unspecified atom stereocenters. The number of hydrogen-bond acceptors (Lipinski definition) is 3. The molecule has 3 nitrogen and oxygen atoms in total. The van der Waals surface area contributed by atoms with Gasteiger partial charge >= 0.3 is 0 Å². The van der Waals surface area contributed by atoms with E-state index in [4.69, 9.17) is 5.73 Å².